The van der Waals surface area contributed by atoms with E-state index in [1.54, 1.807) is 23.2 Å². The lowest BCUT2D eigenvalue weighted by molar-refractivity contribution is 0.0966. The molecule has 0 aromatic carbocycles. The summed E-state index contributed by atoms with van der Waals surface area (Å²) in [4.78, 5) is 15.7. The van der Waals surface area contributed by atoms with E-state index in [0.717, 1.165) is 0 Å². The van der Waals surface area contributed by atoms with Gasteiger partial charge in [-0.25, -0.2) is 4.98 Å². The van der Waals surface area contributed by atoms with E-state index in [9.17, 15) is 4.79 Å². The van der Waals surface area contributed by atoms with Gasteiger partial charge in [-0.2, -0.15) is 0 Å². The lowest BCUT2D eigenvalue weighted by Gasteiger charge is -2.21. The van der Waals surface area contributed by atoms with Crippen molar-refractivity contribution in [1.29, 1.82) is 0 Å². The zero-order valence-electron chi connectivity index (χ0n) is 10.1. The van der Waals surface area contributed by atoms with E-state index in [2.05, 4.69) is 10.3 Å². The summed E-state index contributed by atoms with van der Waals surface area (Å²) in [7, 11) is 0. The number of imidazole rings is 1. The van der Waals surface area contributed by atoms with E-state index in [4.69, 9.17) is 5.73 Å². The molecule has 1 rings (SSSR count). The van der Waals surface area contributed by atoms with Crippen molar-refractivity contribution in [3.05, 3.63) is 24.3 Å². The minimum absolute atomic E-state index is 0.184. The predicted octanol–water partition coefficient (Wildman–Crippen LogP) is 1.48. The fraction of sp³-hybridized carbons (Fsp3) is 0.455. The molecule has 5 heteroatoms. The molecule has 3 N–H and O–H groups in total. The number of carbonyl (C=O) groups is 1. The van der Waals surface area contributed by atoms with Gasteiger partial charge in [0.15, 0.2) is 5.69 Å². The first kappa shape index (κ1) is 12.3. The largest absolute Gasteiger partial charge is 0.383 e. The number of nitrogens with two attached hydrogens (primary N) is 1. The number of rotatable bonds is 2. The minimum Gasteiger partial charge on any atom is -0.383 e. The summed E-state index contributed by atoms with van der Waals surface area (Å²) < 4.78 is 1.78. The Hall–Kier alpha value is -1.78. The maximum absolute atomic E-state index is 11.6. The van der Waals surface area contributed by atoms with Gasteiger partial charge < -0.3 is 15.6 Å². The Morgan fingerprint density at radius 2 is 2.19 bits per heavy atom. The van der Waals surface area contributed by atoms with Crippen LogP contribution in [0.2, 0.25) is 0 Å². The fourth-order valence-electron chi connectivity index (χ4n) is 1.29. The normalized spacial score (nSPS) is 12.0. The first-order valence-electron chi connectivity index (χ1n) is 5.13. The number of hydrogen-bond donors (Lipinski definition) is 2. The van der Waals surface area contributed by atoms with Crippen LogP contribution >= 0.6 is 0 Å². The molecule has 0 aliphatic heterocycles. The second-order valence-electron chi connectivity index (χ2n) is 4.49. The van der Waals surface area contributed by atoms with Crippen LogP contribution in [0.25, 0.3) is 0 Å². The van der Waals surface area contributed by atoms with Crippen LogP contribution in [0.4, 0.5) is 5.82 Å². The van der Waals surface area contributed by atoms with Crippen molar-refractivity contribution in [3.8, 4) is 0 Å². The van der Waals surface area contributed by atoms with Crippen LogP contribution in [0, 0.1) is 0 Å². The van der Waals surface area contributed by atoms with Crippen LogP contribution < -0.4 is 11.1 Å². The van der Waals surface area contributed by atoms with Crippen LogP contribution in [-0.2, 0) is 5.54 Å². The van der Waals surface area contributed by atoms with Gasteiger partial charge in [0.1, 0.15) is 5.82 Å². The van der Waals surface area contributed by atoms with Gasteiger partial charge in [-0.05, 0) is 33.9 Å². The average Bonchev–Trinajstić information content (AvgIpc) is 2.56. The second-order valence-corrected chi connectivity index (χ2v) is 4.49. The number of amides is 1. The molecule has 88 valence electrons. The van der Waals surface area contributed by atoms with Crippen molar-refractivity contribution < 1.29 is 4.79 Å². The molecule has 0 aliphatic rings. The summed E-state index contributed by atoms with van der Waals surface area (Å²) in [6, 6.07) is 0. The van der Waals surface area contributed by atoms with Crippen molar-refractivity contribution in [2.75, 3.05) is 5.73 Å². The van der Waals surface area contributed by atoms with Gasteiger partial charge in [-0.15, -0.1) is 0 Å². The molecule has 16 heavy (non-hydrogen) atoms. The Labute approximate surface area is 95.4 Å². The summed E-state index contributed by atoms with van der Waals surface area (Å²) >= 11 is 0. The van der Waals surface area contributed by atoms with Gasteiger partial charge >= 0.3 is 0 Å². The summed E-state index contributed by atoms with van der Waals surface area (Å²) in [6.07, 6.45) is 4.87. The summed E-state index contributed by atoms with van der Waals surface area (Å²) in [5.41, 5.74) is 5.95. The van der Waals surface area contributed by atoms with Gasteiger partial charge in [-0.3, -0.25) is 4.79 Å². The van der Waals surface area contributed by atoms with E-state index >= 15 is 0 Å². The number of anilines is 1. The van der Waals surface area contributed by atoms with Gasteiger partial charge in [0.2, 0.25) is 0 Å². The standard InChI is InChI=1S/C11H18N4O/c1-5-6-13-10(16)8-9(12)15(7-14-8)11(2,3)4/h5-7H,12H2,1-4H3,(H,13,16)/b6-5-. The Morgan fingerprint density at radius 3 is 2.62 bits per heavy atom. The molecule has 0 aliphatic carbocycles. The van der Waals surface area contributed by atoms with E-state index in [1.807, 2.05) is 27.7 Å². The number of nitrogens with zero attached hydrogens (tertiary/aromatic N) is 2. The van der Waals surface area contributed by atoms with E-state index in [0.29, 0.717) is 5.82 Å². The summed E-state index contributed by atoms with van der Waals surface area (Å²) in [5, 5.41) is 2.58. The molecular formula is C11H18N4O. The average molecular weight is 222 g/mol. The molecule has 1 aromatic heterocycles. The predicted molar refractivity (Wildman–Crippen MR) is 63.9 cm³/mol. The number of allylic oxidation sites excluding steroid dienone is 1. The Balaban J connectivity index is 3.01. The number of nitrogens with one attached hydrogen (secondary N) is 1. The number of nitrogen functional groups attached to an aromatic ring is 1. The third-order valence-corrected chi connectivity index (χ3v) is 2.12. The Kier molecular flexibility index (Phi) is 3.37. The number of carbonyl (C=O) groups excluding carboxylic acids is 1. The van der Waals surface area contributed by atoms with Crippen LogP contribution in [-0.4, -0.2) is 15.5 Å². The summed E-state index contributed by atoms with van der Waals surface area (Å²) in [5.74, 6) is 0.0908. The summed E-state index contributed by atoms with van der Waals surface area (Å²) in [6.45, 7) is 7.81. The SMILES string of the molecule is C/C=C\NC(=O)c1ncn(C(C)(C)C)c1N. The quantitative estimate of drug-likeness (QED) is 0.796. The highest BCUT2D eigenvalue weighted by atomic mass is 16.1. The third-order valence-electron chi connectivity index (χ3n) is 2.12. The molecule has 0 atom stereocenters. The third kappa shape index (κ3) is 2.42. The van der Waals surface area contributed by atoms with Crippen LogP contribution in [0.1, 0.15) is 38.2 Å². The first-order chi connectivity index (χ1) is 7.38. The van der Waals surface area contributed by atoms with Gasteiger partial charge in [0.25, 0.3) is 5.91 Å². The molecule has 1 amide bonds. The molecule has 0 fully saturated rings. The van der Waals surface area contributed by atoms with Gasteiger partial charge in [0.05, 0.1) is 6.33 Å². The smallest absolute Gasteiger partial charge is 0.277 e. The van der Waals surface area contributed by atoms with Crippen LogP contribution in [0.3, 0.4) is 0 Å². The molecule has 0 radical (unpaired) electrons. The number of aromatic nitrogens is 2. The first-order valence-corrected chi connectivity index (χ1v) is 5.13. The molecule has 1 heterocycles. The molecule has 0 saturated carbocycles. The van der Waals surface area contributed by atoms with Gasteiger partial charge in [-0.1, -0.05) is 6.08 Å². The zero-order valence-corrected chi connectivity index (χ0v) is 10.1. The zero-order chi connectivity index (χ0) is 12.3. The van der Waals surface area contributed by atoms with Crippen molar-refractivity contribution in [2.24, 2.45) is 0 Å². The molecule has 0 unspecified atom stereocenters. The van der Waals surface area contributed by atoms with Crippen molar-refractivity contribution in [2.45, 2.75) is 33.2 Å². The fourth-order valence-corrected chi connectivity index (χ4v) is 1.29. The highest BCUT2D eigenvalue weighted by Crippen LogP contribution is 2.20. The van der Waals surface area contributed by atoms with E-state index in [-0.39, 0.29) is 17.1 Å². The van der Waals surface area contributed by atoms with Crippen LogP contribution in [0.5, 0.6) is 0 Å². The van der Waals surface area contributed by atoms with Gasteiger partial charge in [0, 0.05) is 5.54 Å². The Bertz CT molecular complexity index is 412. The highest BCUT2D eigenvalue weighted by molar-refractivity contribution is 5.97. The Morgan fingerprint density at radius 1 is 1.56 bits per heavy atom. The van der Waals surface area contributed by atoms with Crippen LogP contribution in [0.15, 0.2) is 18.6 Å². The maximum Gasteiger partial charge on any atom is 0.277 e. The monoisotopic (exact) mass is 222 g/mol. The van der Waals surface area contributed by atoms with Crippen molar-refractivity contribution in [3.63, 3.8) is 0 Å². The lowest BCUT2D eigenvalue weighted by atomic mass is 10.1. The van der Waals surface area contributed by atoms with E-state index in [1.165, 1.54) is 0 Å². The molecule has 5 nitrogen and oxygen atoms in total. The van der Waals surface area contributed by atoms with Crippen molar-refractivity contribution in [1.82, 2.24) is 14.9 Å². The van der Waals surface area contributed by atoms with Crippen molar-refractivity contribution >= 4 is 11.7 Å². The minimum atomic E-state index is -0.293. The second kappa shape index (κ2) is 4.38. The maximum atomic E-state index is 11.6. The topological polar surface area (TPSA) is 72.9 Å². The highest BCUT2D eigenvalue weighted by Gasteiger charge is 2.21. The van der Waals surface area contributed by atoms with E-state index < -0.39 is 0 Å². The molecule has 0 saturated heterocycles. The molecule has 0 bridgehead atoms. The molecule has 0 spiro atoms. The molecule has 1 aromatic rings. The lowest BCUT2D eigenvalue weighted by Crippen LogP contribution is -2.24. The molecular weight excluding hydrogens is 204 g/mol. The number of hydrogen-bond acceptors (Lipinski definition) is 3.